The van der Waals surface area contributed by atoms with E-state index in [1.807, 2.05) is 0 Å². The fourth-order valence-electron chi connectivity index (χ4n) is 2.97. The Kier molecular flexibility index (Phi) is 3.96. The maximum Gasteiger partial charge on any atom is 0.0399 e. The lowest BCUT2D eigenvalue weighted by Crippen LogP contribution is -2.40. The molecule has 1 saturated heterocycles. The summed E-state index contributed by atoms with van der Waals surface area (Å²) in [5.74, 6) is 0. The predicted molar refractivity (Wildman–Crippen MR) is 79.0 cm³/mol. The molecule has 2 heteroatoms. The van der Waals surface area contributed by atoms with Crippen LogP contribution < -0.4 is 10.6 Å². The molecule has 0 aliphatic carbocycles. The van der Waals surface area contributed by atoms with E-state index in [0.29, 0.717) is 5.41 Å². The third kappa shape index (κ3) is 3.26. The van der Waals surface area contributed by atoms with Crippen LogP contribution in [0.3, 0.4) is 0 Å². The van der Waals surface area contributed by atoms with Crippen LogP contribution in [-0.4, -0.2) is 19.1 Å². The van der Waals surface area contributed by atoms with Crippen LogP contribution in [0.5, 0.6) is 0 Å². The van der Waals surface area contributed by atoms with E-state index in [9.17, 15) is 0 Å². The van der Waals surface area contributed by atoms with Gasteiger partial charge in [0.15, 0.2) is 0 Å². The first kappa shape index (κ1) is 13.4. The largest absolute Gasteiger partial charge is 0.371 e. The number of hydrogen-bond donors (Lipinski definition) is 1. The second-order valence-electron chi connectivity index (χ2n) is 6.50. The average Bonchev–Trinajstić information content (AvgIpc) is 2.27. The monoisotopic (exact) mass is 246 g/mol. The van der Waals surface area contributed by atoms with Gasteiger partial charge in [-0.3, -0.25) is 0 Å². The summed E-state index contributed by atoms with van der Waals surface area (Å²) in [6.07, 6.45) is 3.59. The van der Waals surface area contributed by atoms with Crippen molar-refractivity contribution >= 4 is 5.69 Å². The van der Waals surface area contributed by atoms with Crippen LogP contribution >= 0.6 is 0 Å². The maximum absolute atomic E-state index is 5.96. The molecule has 1 heterocycles. The Morgan fingerprint density at radius 1 is 1.33 bits per heavy atom. The lowest BCUT2D eigenvalue weighted by molar-refractivity contribution is 0.293. The predicted octanol–water partition coefficient (Wildman–Crippen LogP) is 3.20. The first-order valence-corrected chi connectivity index (χ1v) is 7.06. The van der Waals surface area contributed by atoms with Crippen LogP contribution in [0.1, 0.15) is 39.2 Å². The van der Waals surface area contributed by atoms with Crippen LogP contribution in [0.15, 0.2) is 24.3 Å². The molecule has 0 spiro atoms. The molecule has 0 radical (unpaired) electrons. The van der Waals surface area contributed by atoms with Gasteiger partial charge < -0.3 is 10.6 Å². The summed E-state index contributed by atoms with van der Waals surface area (Å²) >= 11 is 0. The number of para-hydroxylation sites is 1. The van der Waals surface area contributed by atoms with E-state index in [1.165, 1.54) is 30.6 Å². The van der Waals surface area contributed by atoms with Gasteiger partial charge in [-0.15, -0.1) is 0 Å². The first-order chi connectivity index (χ1) is 8.48. The molecule has 1 aromatic carbocycles. The topological polar surface area (TPSA) is 29.3 Å². The summed E-state index contributed by atoms with van der Waals surface area (Å²) in [7, 11) is 0. The maximum atomic E-state index is 5.96. The second-order valence-corrected chi connectivity index (χ2v) is 6.50. The van der Waals surface area contributed by atoms with E-state index in [0.717, 1.165) is 13.0 Å². The van der Waals surface area contributed by atoms with Crippen molar-refractivity contribution in [2.45, 2.75) is 46.1 Å². The Morgan fingerprint density at radius 3 is 2.72 bits per heavy atom. The SMILES string of the molecule is CC(N)Cc1ccccc1N1CCCC(C)(C)C1. The summed E-state index contributed by atoms with van der Waals surface area (Å²) < 4.78 is 0. The van der Waals surface area contributed by atoms with Gasteiger partial charge in [-0.1, -0.05) is 32.0 Å². The van der Waals surface area contributed by atoms with Gasteiger partial charge in [-0.2, -0.15) is 0 Å². The van der Waals surface area contributed by atoms with Crippen LogP contribution in [0, 0.1) is 5.41 Å². The Hall–Kier alpha value is -1.02. The van der Waals surface area contributed by atoms with Gasteiger partial charge in [0.1, 0.15) is 0 Å². The van der Waals surface area contributed by atoms with Crippen LogP contribution in [0.25, 0.3) is 0 Å². The molecule has 1 atom stereocenters. The van der Waals surface area contributed by atoms with Crippen molar-refractivity contribution in [2.75, 3.05) is 18.0 Å². The Morgan fingerprint density at radius 2 is 2.06 bits per heavy atom. The van der Waals surface area contributed by atoms with E-state index in [4.69, 9.17) is 5.73 Å². The van der Waals surface area contributed by atoms with Crippen molar-refractivity contribution in [3.05, 3.63) is 29.8 Å². The molecule has 1 aromatic rings. The van der Waals surface area contributed by atoms with Crippen molar-refractivity contribution in [3.8, 4) is 0 Å². The molecular formula is C16H26N2. The molecule has 0 bridgehead atoms. The van der Waals surface area contributed by atoms with Gasteiger partial charge in [0, 0.05) is 24.8 Å². The molecule has 2 N–H and O–H groups in total. The lowest BCUT2D eigenvalue weighted by atomic mass is 9.83. The van der Waals surface area contributed by atoms with Crippen molar-refractivity contribution in [3.63, 3.8) is 0 Å². The number of hydrogen-bond acceptors (Lipinski definition) is 2. The minimum atomic E-state index is 0.226. The first-order valence-electron chi connectivity index (χ1n) is 7.06. The van der Waals surface area contributed by atoms with E-state index in [-0.39, 0.29) is 6.04 Å². The number of nitrogens with zero attached hydrogens (tertiary/aromatic N) is 1. The quantitative estimate of drug-likeness (QED) is 0.887. The summed E-state index contributed by atoms with van der Waals surface area (Å²) in [6.45, 7) is 9.15. The van der Waals surface area contributed by atoms with Gasteiger partial charge >= 0.3 is 0 Å². The highest BCUT2D eigenvalue weighted by atomic mass is 15.1. The fourth-order valence-corrected chi connectivity index (χ4v) is 2.97. The number of anilines is 1. The van der Waals surface area contributed by atoms with Crippen LogP contribution in [-0.2, 0) is 6.42 Å². The second kappa shape index (κ2) is 5.31. The van der Waals surface area contributed by atoms with Crippen LogP contribution in [0.4, 0.5) is 5.69 Å². The Bertz CT molecular complexity index is 396. The molecule has 1 aliphatic heterocycles. The molecular weight excluding hydrogens is 220 g/mol. The van der Waals surface area contributed by atoms with Gasteiger partial charge in [0.2, 0.25) is 0 Å². The summed E-state index contributed by atoms with van der Waals surface area (Å²) in [5, 5.41) is 0. The van der Waals surface area contributed by atoms with Gasteiger partial charge in [0.25, 0.3) is 0 Å². The van der Waals surface area contributed by atoms with E-state index in [2.05, 4.69) is 49.9 Å². The third-order valence-corrected chi connectivity index (χ3v) is 3.77. The minimum Gasteiger partial charge on any atom is -0.371 e. The molecule has 0 aromatic heterocycles. The molecule has 1 aliphatic rings. The summed E-state index contributed by atoms with van der Waals surface area (Å²) in [5.41, 5.74) is 9.17. The minimum absolute atomic E-state index is 0.226. The molecule has 1 unspecified atom stereocenters. The van der Waals surface area contributed by atoms with E-state index >= 15 is 0 Å². The van der Waals surface area contributed by atoms with Gasteiger partial charge in [-0.05, 0) is 43.2 Å². The van der Waals surface area contributed by atoms with E-state index < -0.39 is 0 Å². The normalized spacial score (nSPS) is 20.8. The number of piperidine rings is 1. The summed E-state index contributed by atoms with van der Waals surface area (Å²) in [6, 6.07) is 8.96. The van der Waals surface area contributed by atoms with Crippen LogP contribution in [0.2, 0.25) is 0 Å². The zero-order valence-electron chi connectivity index (χ0n) is 11.9. The van der Waals surface area contributed by atoms with Gasteiger partial charge in [-0.25, -0.2) is 0 Å². The number of rotatable bonds is 3. The summed E-state index contributed by atoms with van der Waals surface area (Å²) in [4.78, 5) is 2.54. The molecule has 2 rings (SSSR count). The van der Waals surface area contributed by atoms with Crippen molar-refractivity contribution in [1.82, 2.24) is 0 Å². The zero-order valence-corrected chi connectivity index (χ0v) is 11.9. The zero-order chi connectivity index (χ0) is 13.2. The number of benzene rings is 1. The lowest BCUT2D eigenvalue weighted by Gasteiger charge is -2.40. The molecule has 0 amide bonds. The molecule has 100 valence electrons. The average molecular weight is 246 g/mol. The highest BCUT2D eigenvalue weighted by Gasteiger charge is 2.27. The molecule has 2 nitrogen and oxygen atoms in total. The highest BCUT2D eigenvalue weighted by molar-refractivity contribution is 5.54. The molecule has 18 heavy (non-hydrogen) atoms. The molecule has 0 saturated carbocycles. The fraction of sp³-hybridized carbons (Fsp3) is 0.625. The van der Waals surface area contributed by atoms with Gasteiger partial charge in [0.05, 0.1) is 0 Å². The molecule has 1 fully saturated rings. The Balaban J connectivity index is 2.21. The highest BCUT2D eigenvalue weighted by Crippen LogP contribution is 2.33. The third-order valence-electron chi connectivity index (χ3n) is 3.77. The Labute approximate surface area is 111 Å². The van der Waals surface area contributed by atoms with Crippen molar-refractivity contribution in [2.24, 2.45) is 11.1 Å². The smallest absolute Gasteiger partial charge is 0.0399 e. The standard InChI is InChI=1S/C16H26N2/c1-13(17)11-14-7-4-5-8-15(14)18-10-6-9-16(2,3)12-18/h4-5,7-8,13H,6,9-12,17H2,1-3H3. The van der Waals surface area contributed by atoms with Crippen molar-refractivity contribution in [1.29, 1.82) is 0 Å². The van der Waals surface area contributed by atoms with Crippen molar-refractivity contribution < 1.29 is 0 Å². The number of nitrogens with two attached hydrogens (primary N) is 1. The van der Waals surface area contributed by atoms with E-state index in [1.54, 1.807) is 0 Å².